The monoisotopic (exact) mass is 330 g/mol. The highest BCUT2D eigenvalue weighted by molar-refractivity contribution is 5.97. The number of piperidine rings is 1. The molecule has 0 saturated carbocycles. The van der Waals surface area contributed by atoms with Crippen LogP contribution in [0.3, 0.4) is 0 Å². The maximum absolute atomic E-state index is 13.4. The number of fused-ring (bicyclic) bond motifs is 1. The lowest BCUT2D eigenvalue weighted by Crippen LogP contribution is -2.40. The van der Waals surface area contributed by atoms with Gasteiger partial charge in [0.2, 0.25) is 0 Å². The van der Waals surface area contributed by atoms with Gasteiger partial charge in [-0.3, -0.25) is 14.6 Å². The quantitative estimate of drug-likeness (QED) is 0.935. The zero-order valence-electron chi connectivity index (χ0n) is 13.2. The number of hydrogen-bond donors (Lipinski definition) is 1. The minimum atomic E-state index is -0.806. The molecule has 0 bridgehead atoms. The molecule has 2 aromatic rings. The number of aliphatic carboxylic acids is 1. The fraction of sp³-hybridized carbons (Fsp3) is 0.389. The van der Waals surface area contributed by atoms with E-state index in [2.05, 4.69) is 4.98 Å². The lowest BCUT2D eigenvalue weighted by atomic mass is 9.93. The Morgan fingerprint density at radius 3 is 2.96 bits per heavy atom. The molecule has 1 N–H and O–H groups in total. The zero-order chi connectivity index (χ0) is 17.1. The van der Waals surface area contributed by atoms with Crippen LogP contribution < -0.4 is 0 Å². The molecular formula is C18H19FN2O3. The standard InChI is InChI=1S/C18H19FN2O3/c19-15-4-5-16-13(9-15)8-14(10-20-16)18(24)21-7-1-2-12(11-21)3-6-17(22)23/h4-5,8-10,12H,1-3,6-7,11H2,(H,22,23). The summed E-state index contributed by atoms with van der Waals surface area (Å²) >= 11 is 0. The van der Waals surface area contributed by atoms with Gasteiger partial charge < -0.3 is 10.0 Å². The van der Waals surface area contributed by atoms with Crippen molar-refractivity contribution < 1.29 is 19.1 Å². The van der Waals surface area contributed by atoms with E-state index >= 15 is 0 Å². The van der Waals surface area contributed by atoms with E-state index in [1.165, 1.54) is 18.3 Å². The van der Waals surface area contributed by atoms with Gasteiger partial charge in [-0.2, -0.15) is 0 Å². The van der Waals surface area contributed by atoms with E-state index in [0.717, 1.165) is 12.8 Å². The third kappa shape index (κ3) is 3.69. The van der Waals surface area contributed by atoms with Crippen LogP contribution >= 0.6 is 0 Å². The van der Waals surface area contributed by atoms with Gasteiger partial charge in [-0.25, -0.2) is 4.39 Å². The molecule has 1 atom stereocenters. The number of carboxylic acid groups (broad SMARTS) is 1. The number of aromatic nitrogens is 1. The van der Waals surface area contributed by atoms with Crippen molar-refractivity contribution in [3.05, 3.63) is 41.8 Å². The first-order valence-electron chi connectivity index (χ1n) is 8.09. The molecule has 0 radical (unpaired) electrons. The average molecular weight is 330 g/mol. The molecule has 1 saturated heterocycles. The molecule has 126 valence electrons. The van der Waals surface area contributed by atoms with E-state index in [9.17, 15) is 14.0 Å². The van der Waals surface area contributed by atoms with Gasteiger partial charge in [-0.1, -0.05) is 0 Å². The first kappa shape index (κ1) is 16.4. The summed E-state index contributed by atoms with van der Waals surface area (Å²) in [5, 5.41) is 9.40. The molecule has 0 spiro atoms. The number of rotatable bonds is 4. The number of pyridine rings is 1. The number of likely N-dealkylation sites (tertiary alicyclic amines) is 1. The summed E-state index contributed by atoms with van der Waals surface area (Å²) in [6, 6.07) is 5.95. The van der Waals surface area contributed by atoms with Gasteiger partial charge in [0.15, 0.2) is 0 Å². The highest BCUT2D eigenvalue weighted by Crippen LogP contribution is 2.23. The van der Waals surface area contributed by atoms with Gasteiger partial charge in [0.05, 0.1) is 11.1 Å². The predicted molar refractivity (Wildman–Crippen MR) is 87.2 cm³/mol. The van der Waals surface area contributed by atoms with E-state index in [1.807, 2.05) is 0 Å². The Balaban J connectivity index is 1.74. The summed E-state index contributed by atoms with van der Waals surface area (Å²) < 4.78 is 13.4. The highest BCUT2D eigenvalue weighted by Gasteiger charge is 2.25. The summed E-state index contributed by atoms with van der Waals surface area (Å²) in [4.78, 5) is 29.4. The number of amides is 1. The summed E-state index contributed by atoms with van der Waals surface area (Å²) in [5.41, 5.74) is 1.08. The van der Waals surface area contributed by atoms with Gasteiger partial charge in [0, 0.05) is 31.1 Å². The Morgan fingerprint density at radius 2 is 2.17 bits per heavy atom. The molecular weight excluding hydrogens is 311 g/mol. The van der Waals surface area contributed by atoms with Crippen molar-refractivity contribution in [1.29, 1.82) is 0 Å². The van der Waals surface area contributed by atoms with Crippen molar-refractivity contribution in [3.8, 4) is 0 Å². The molecule has 24 heavy (non-hydrogen) atoms. The minimum absolute atomic E-state index is 0.128. The number of carboxylic acids is 1. The van der Waals surface area contributed by atoms with Crippen LogP contribution in [0.15, 0.2) is 30.5 Å². The van der Waals surface area contributed by atoms with Crippen LogP contribution in [0.2, 0.25) is 0 Å². The van der Waals surface area contributed by atoms with E-state index in [1.54, 1.807) is 17.0 Å². The molecule has 1 fully saturated rings. The molecule has 1 amide bonds. The van der Waals surface area contributed by atoms with Crippen molar-refractivity contribution >= 4 is 22.8 Å². The Morgan fingerprint density at radius 1 is 1.33 bits per heavy atom. The Labute approximate surface area is 139 Å². The summed E-state index contributed by atoms with van der Waals surface area (Å²) in [6.45, 7) is 1.22. The van der Waals surface area contributed by atoms with Crippen LogP contribution in [-0.4, -0.2) is 40.0 Å². The Hall–Kier alpha value is -2.50. The fourth-order valence-corrected chi connectivity index (χ4v) is 3.21. The molecule has 6 heteroatoms. The second kappa shape index (κ2) is 6.95. The van der Waals surface area contributed by atoms with E-state index < -0.39 is 5.97 Å². The molecule has 1 aliphatic heterocycles. The Kier molecular flexibility index (Phi) is 4.74. The van der Waals surface area contributed by atoms with Gasteiger partial charge in [0.25, 0.3) is 5.91 Å². The summed E-state index contributed by atoms with van der Waals surface area (Å²) in [6.07, 6.45) is 4.04. The van der Waals surface area contributed by atoms with Crippen LogP contribution in [0, 0.1) is 11.7 Å². The highest BCUT2D eigenvalue weighted by atomic mass is 19.1. The van der Waals surface area contributed by atoms with Crippen LogP contribution in [0.1, 0.15) is 36.0 Å². The van der Waals surface area contributed by atoms with Crippen molar-refractivity contribution in [2.45, 2.75) is 25.7 Å². The maximum atomic E-state index is 13.4. The van der Waals surface area contributed by atoms with E-state index in [-0.39, 0.29) is 24.1 Å². The largest absolute Gasteiger partial charge is 0.481 e. The first-order chi connectivity index (χ1) is 11.5. The smallest absolute Gasteiger partial charge is 0.303 e. The first-order valence-corrected chi connectivity index (χ1v) is 8.09. The molecule has 2 heterocycles. The number of halogens is 1. The SMILES string of the molecule is O=C(O)CCC1CCCN(C(=O)c2cnc3ccc(F)cc3c2)C1. The normalized spacial score (nSPS) is 17.9. The topological polar surface area (TPSA) is 70.5 Å². The average Bonchev–Trinajstić information content (AvgIpc) is 2.59. The van der Waals surface area contributed by atoms with Crippen molar-refractivity contribution in [1.82, 2.24) is 9.88 Å². The molecule has 5 nitrogen and oxygen atoms in total. The number of carbonyl (C=O) groups excluding carboxylic acids is 1. The number of hydrogen-bond acceptors (Lipinski definition) is 3. The second-order valence-electron chi connectivity index (χ2n) is 6.25. The predicted octanol–water partition coefficient (Wildman–Crippen LogP) is 3.09. The van der Waals surface area contributed by atoms with Gasteiger partial charge in [-0.05, 0) is 49.4 Å². The van der Waals surface area contributed by atoms with E-state index in [0.29, 0.717) is 36.0 Å². The van der Waals surface area contributed by atoms with Crippen LogP contribution in [-0.2, 0) is 4.79 Å². The lowest BCUT2D eigenvalue weighted by molar-refractivity contribution is -0.137. The molecule has 1 unspecified atom stereocenters. The molecule has 1 aromatic heterocycles. The molecule has 1 aromatic carbocycles. The van der Waals surface area contributed by atoms with Gasteiger partial charge >= 0.3 is 5.97 Å². The third-order valence-corrected chi connectivity index (χ3v) is 4.46. The van der Waals surface area contributed by atoms with Gasteiger partial charge in [0.1, 0.15) is 5.82 Å². The maximum Gasteiger partial charge on any atom is 0.303 e. The van der Waals surface area contributed by atoms with Crippen LogP contribution in [0.5, 0.6) is 0 Å². The van der Waals surface area contributed by atoms with E-state index in [4.69, 9.17) is 5.11 Å². The second-order valence-corrected chi connectivity index (χ2v) is 6.25. The third-order valence-electron chi connectivity index (χ3n) is 4.46. The van der Waals surface area contributed by atoms with Gasteiger partial charge in [-0.15, -0.1) is 0 Å². The number of nitrogens with zero attached hydrogens (tertiary/aromatic N) is 2. The van der Waals surface area contributed by atoms with Crippen molar-refractivity contribution in [3.63, 3.8) is 0 Å². The molecule has 1 aliphatic rings. The van der Waals surface area contributed by atoms with Crippen molar-refractivity contribution in [2.24, 2.45) is 5.92 Å². The zero-order valence-corrected chi connectivity index (χ0v) is 13.2. The Bertz CT molecular complexity index is 778. The van der Waals surface area contributed by atoms with Crippen LogP contribution in [0.25, 0.3) is 10.9 Å². The molecule has 3 rings (SSSR count). The minimum Gasteiger partial charge on any atom is -0.481 e. The fourth-order valence-electron chi connectivity index (χ4n) is 3.21. The summed E-state index contributed by atoms with van der Waals surface area (Å²) in [7, 11) is 0. The number of benzene rings is 1. The van der Waals surface area contributed by atoms with Crippen LogP contribution in [0.4, 0.5) is 4.39 Å². The number of carbonyl (C=O) groups is 2. The lowest BCUT2D eigenvalue weighted by Gasteiger charge is -2.32. The summed E-state index contributed by atoms with van der Waals surface area (Å²) in [5.74, 6) is -1.09. The van der Waals surface area contributed by atoms with Crippen molar-refractivity contribution in [2.75, 3.05) is 13.1 Å². The molecule has 0 aliphatic carbocycles.